The lowest BCUT2D eigenvalue weighted by atomic mass is 10.2. The maximum absolute atomic E-state index is 8.66. The van der Waals surface area contributed by atoms with Crippen molar-refractivity contribution >= 4 is 11.8 Å². The van der Waals surface area contributed by atoms with Gasteiger partial charge in [-0.2, -0.15) is 4.98 Å². The molecule has 1 aromatic rings. The molecule has 5 heteroatoms. The molecule has 17 heavy (non-hydrogen) atoms. The molecule has 0 atom stereocenters. The van der Waals surface area contributed by atoms with Crippen LogP contribution in [0.2, 0.25) is 0 Å². The lowest BCUT2D eigenvalue weighted by molar-refractivity contribution is 0.283. The van der Waals surface area contributed by atoms with Crippen molar-refractivity contribution in [1.82, 2.24) is 9.97 Å². The van der Waals surface area contributed by atoms with Gasteiger partial charge in [-0.05, 0) is 19.8 Å². The Hall–Kier alpha value is -1.36. The topological polar surface area (TPSA) is 70.1 Å². The molecule has 0 aliphatic rings. The molecule has 0 saturated heterocycles. The summed E-state index contributed by atoms with van der Waals surface area (Å²) in [6, 6.07) is 0. The van der Waals surface area contributed by atoms with Gasteiger partial charge in [0.05, 0.1) is 0 Å². The molecule has 0 saturated carbocycles. The van der Waals surface area contributed by atoms with E-state index in [4.69, 9.17) is 5.11 Å². The minimum Gasteiger partial charge on any atom is -0.396 e. The molecule has 0 aliphatic carbocycles. The molecule has 96 valence electrons. The van der Waals surface area contributed by atoms with Crippen LogP contribution in [0.5, 0.6) is 0 Å². The second-order valence-electron chi connectivity index (χ2n) is 4.04. The van der Waals surface area contributed by atoms with Crippen LogP contribution in [0.15, 0.2) is 6.20 Å². The molecule has 0 fully saturated rings. The van der Waals surface area contributed by atoms with E-state index in [0.717, 1.165) is 43.6 Å². The van der Waals surface area contributed by atoms with Crippen LogP contribution >= 0.6 is 0 Å². The van der Waals surface area contributed by atoms with Crippen LogP contribution in [-0.2, 0) is 0 Å². The molecule has 1 heterocycles. The largest absolute Gasteiger partial charge is 0.396 e. The van der Waals surface area contributed by atoms with Gasteiger partial charge in [-0.3, -0.25) is 0 Å². The first-order chi connectivity index (χ1) is 8.27. The number of aromatic nitrogens is 2. The van der Waals surface area contributed by atoms with E-state index in [9.17, 15) is 0 Å². The minimum absolute atomic E-state index is 0.296. The average molecular weight is 238 g/mol. The Kier molecular flexibility index (Phi) is 6.32. The predicted molar refractivity (Wildman–Crippen MR) is 70.4 cm³/mol. The lowest BCUT2D eigenvalue weighted by Crippen LogP contribution is -2.07. The van der Waals surface area contributed by atoms with Crippen LogP contribution < -0.4 is 10.6 Å². The van der Waals surface area contributed by atoms with E-state index in [1.807, 2.05) is 20.2 Å². The minimum atomic E-state index is 0.296. The van der Waals surface area contributed by atoms with Crippen LogP contribution in [-0.4, -0.2) is 35.3 Å². The van der Waals surface area contributed by atoms with Crippen molar-refractivity contribution in [1.29, 1.82) is 0 Å². The summed E-state index contributed by atoms with van der Waals surface area (Å²) in [5.41, 5.74) is 1.05. The number of aliphatic hydroxyl groups excluding tert-OH is 1. The van der Waals surface area contributed by atoms with E-state index in [2.05, 4.69) is 20.6 Å². The third-order valence-corrected chi connectivity index (χ3v) is 2.57. The van der Waals surface area contributed by atoms with E-state index in [-0.39, 0.29) is 0 Å². The summed E-state index contributed by atoms with van der Waals surface area (Å²) in [6.45, 7) is 3.20. The molecule has 0 aromatic carbocycles. The van der Waals surface area contributed by atoms with Gasteiger partial charge < -0.3 is 15.7 Å². The van der Waals surface area contributed by atoms with Crippen molar-refractivity contribution in [2.75, 3.05) is 30.8 Å². The molecule has 0 bridgehead atoms. The van der Waals surface area contributed by atoms with Crippen molar-refractivity contribution in [3.05, 3.63) is 11.8 Å². The van der Waals surface area contributed by atoms with Crippen molar-refractivity contribution in [2.45, 2.75) is 32.6 Å². The summed E-state index contributed by atoms with van der Waals surface area (Å²) in [5.74, 6) is 1.53. The molecule has 0 amide bonds. The highest BCUT2D eigenvalue weighted by atomic mass is 16.2. The van der Waals surface area contributed by atoms with Gasteiger partial charge in [-0.15, -0.1) is 0 Å². The number of unbranched alkanes of at least 4 members (excludes halogenated alkanes) is 3. The summed E-state index contributed by atoms with van der Waals surface area (Å²) in [5, 5.41) is 14.9. The molecule has 3 N–H and O–H groups in total. The van der Waals surface area contributed by atoms with E-state index >= 15 is 0 Å². The van der Waals surface area contributed by atoms with Crippen LogP contribution in [0.1, 0.15) is 31.2 Å². The molecule has 0 unspecified atom stereocenters. The van der Waals surface area contributed by atoms with E-state index < -0.39 is 0 Å². The fourth-order valence-electron chi connectivity index (χ4n) is 1.54. The van der Waals surface area contributed by atoms with Gasteiger partial charge >= 0.3 is 0 Å². The van der Waals surface area contributed by atoms with Gasteiger partial charge in [0.15, 0.2) is 0 Å². The van der Waals surface area contributed by atoms with Crippen molar-refractivity contribution < 1.29 is 5.11 Å². The quantitative estimate of drug-likeness (QED) is 0.602. The molecule has 0 aliphatic heterocycles. The zero-order valence-corrected chi connectivity index (χ0v) is 10.7. The third kappa shape index (κ3) is 4.99. The monoisotopic (exact) mass is 238 g/mol. The van der Waals surface area contributed by atoms with Gasteiger partial charge in [0.2, 0.25) is 5.95 Å². The molecule has 5 nitrogen and oxygen atoms in total. The Morgan fingerprint density at radius 1 is 1.24 bits per heavy atom. The maximum atomic E-state index is 8.66. The number of aryl methyl sites for hydroxylation is 1. The summed E-state index contributed by atoms with van der Waals surface area (Å²) >= 11 is 0. The third-order valence-electron chi connectivity index (χ3n) is 2.57. The number of aliphatic hydroxyl groups is 1. The van der Waals surface area contributed by atoms with Crippen LogP contribution in [0, 0.1) is 6.92 Å². The summed E-state index contributed by atoms with van der Waals surface area (Å²) in [6.07, 6.45) is 6.03. The molecule has 1 rings (SSSR count). The van der Waals surface area contributed by atoms with Crippen LogP contribution in [0.3, 0.4) is 0 Å². The number of nitrogens with zero attached hydrogens (tertiary/aromatic N) is 2. The summed E-state index contributed by atoms with van der Waals surface area (Å²) in [7, 11) is 1.81. The SMILES string of the molecule is CNc1ncc(C)c(NCCCCCCO)n1. The Morgan fingerprint density at radius 2 is 2.00 bits per heavy atom. The Bertz CT molecular complexity index is 330. The van der Waals surface area contributed by atoms with Gasteiger partial charge in [-0.1, -0.05) is 12.8 Å². The fraction of sp³-hybridized carbons (Fsp3) is 0.667. The van der Waals surface area contributed by atoms with Gasteiger partial charge in [-0.25, -0.2) is 4.98 Å². The van der Waals surface area contributed by atoms with Crippen LogP contribution in [0.4, 0.5) is 11.8 Å². The first-order valence-electron chi connectivity index (χ1n) is 6.14. The van der Waals surface area contributed by atoms with E-state index in [1.54, 1.807) is 0 Å². The smallest absolute Gasteiger partial charge is 0.224 e. The first kappa shape index (κ1) is 13.7. The highest BCUT2D eigenvalue weighted by molar-refractivity contribution is 5.46. The standard InChI is InChI=1S/C12H22N4O/c1-10-9-15-12(13-2)16-11(10)14-7-5-3-4-6-8-17/h9,17H,3-8H2,1-2H3,(H2,13,14,15,16). The molecule has 0 radical (unpaired) electrons. The number of hydrogen-bond donors (Lipinski definition) is 3. The number of hydrogen-bond acceptors (Lipinski definition) is 5. The van der Waals surface area contributed by atoms with Gasteiger partial charge in [0.1, 0.15) is 5.82 Å². The highest BCUT2D eigenvalue weighted by Crippen LogP contribution is 2.12. The summed E-state index contributed by atoms with van der Waals surface area (Å²) in [4.78, 5) is 8.49. The Labute approximate surface area is 103 Å². The summed E-state index contributed by atoms with van der Waals surface area (Å²) < 4.78 is 0. The van der Waals surface area contributed by atoms with Gasteiger partial charge in [0.25, 0.3) is 0 Å². The molecule has 0 spiro atoms. The van der Waals surface area contributed by atoms with Crippen molar-refractivity contribution in [3.63, 3.8) is 0 Å². The van der Waals surface area contributed by atoms with Crippen molar-refractivity contribution in [3.8, 4) is 0 Å². The van der Waals surface area contributed by atoms with Gasteiger partial charge in [0, 0.05) is 32.0 Å². The normalized spacial score (nSPS) is 10.3. The van der Waals surface area contributed by atoms with Crippen LogP contribution in [0.25, 0.3) is 0 Å². The Balaban J connectivity index is 2.30. The maximum Gasteiger partial charge on any atom is 0.224 e. The predicted octanol–water partition coefficient (Wildman–Crippen LogP) is 1.79. The fourth-order valence-corrected chi connectivity index (χ4v) is 1.54. The first-order valence-corrected chi connectivity index (χ1v) is 6.14. The zero-order chi connectivity index (χ0) is 12.5. The van der Waals surface area contributed by atoms with Crippen molar-refractivity contribution in [2.24, 2.45) is 0 Å². The molecular weight excluding hydrogens is 216 g/mol. The molecular formula is C12H22N4O. The Morgan fingerprint density at radius 3 is 2.71 bits per heavy atom. The molecule has 1 aromatic heterocycles. The number of nitrogens with one attached hydrogen (secondary N) is 2. The lowest BCUT2D eigenvalue weighted by Gasteiger charge is -2.09. The highest BCUT2D eigenvalue weighted by Gasteiger charge is 2.01. The van der Waals surface area contributed by atoms with E-state index in [1.165, 1.54) is 0 Å². The average Bonchev–Trinajstić information content (AvgIpc) is 2.35. The number of anilines is 2. The number of rotatable bonds is 8. The van der Waals surface area contributed by atoms with E-state index in [0.29, 0.717) is 12.6 Å². The second kappa shape index (κ2) is 7.84. The second-order valence-corrected chi connectivity index (χ2v) is 4.04. The zero-order valence-electron chi connectivity index (χ0n) is 10.7.